The Kier molecular flexibility index (Phi) is 8.76. The van der Waals surface area contributed by atoms with Crippen LogP contribution >= 0.6 is 0 Å². The number of anilines is 6. The highest BCUT2D eigenvalue weighted by atomic mass is 15.2. The predicted octanol–water partition coefficient (Wildman–Crippen LogP) is 14.8. The fourth-order valence-corrected chi connectivity index (χ4v) is 9.60. The van der Waals surface area contributed by atoms with E-state index < -0.39 is 0 Å². The molecule has 9 aromatic rings. The van der Waals surface area contributed by atoms with Crippen molar-refractivity contribution in [3.05, 3.63) is 222 Å². The Balaban J connectivity index is 1.02. The van der Waals surface area contributed by atoms with Crippen LogP contribution in [0.25, 0.3) is 45.3 Å². The zero-order valence-electron chi connectivity index (χ0n) is 35.3. The monoisotopic (exact) mass is 799 g/mol. The molecule has 0 saturated heterocycles. The summed E-state index contributed by atoms with van der Waals surface area (Å²) in [6.45, 7) is 9.34. The van der Waals surface area contributed by atoms with Crippen molar-refractivity contribution >= 4 is 34.1 Å². The number of nitrogens with zero attached hydrogens (tertiary/aromatic N) is 5. The average molecular weight is 800 g/mol. The van der Waals surface area contributed by atoms with Crippen LogP contribution in [0.4, 0.5) is 34.1 Å². The lowest BCUT2D eigenvalue weighted by Gasteiger charge is -2.42. The van der Waals surface area contributed by atoms with Gasteiger partial charge < -0.3 is 9.80 Å². The zero-order chi connectivity index (χ0) is 42.0. The first kappa shape index (κ1) is 37.4. The van der Waals surface area contributed by atoms with Gasteiger partial charge in [-0.2, -0.15) is 0 Å². The Labute approximate surface area is 363 Å². The maximum absolute atomic E-state index is 5.10. The molecule has 0 spiro atoms. The smallest absolute Gasteiger partial charge is 0.164 e. The van der Waals surface area contributed by atoms with Gasteiger partial charge in [-0.1, -0.05) is 161 Å². The summed E-state index contributed by atoms with van der Waals surface area (Å²) in [6.07, 6.45) is 0. The molecule has 0 N–H and O–H groups in total. The summed E-state index contributed by atoms with van der Waals surface area (Å²) in [6, 6.07) is 71.4. The quantitative estimate of drug-likeness (QED) is 0.168. The lowest BCUT2D eigenvalue weighted by atomic mass is 9.72. The van der Waals surface area contributed by atoms with E-state index in [1.807, 2.05) is 36.4 Å². The molecule has 3 heterocycles. The van der Waals surface area contributed by atoms with E-state index >= 15 is 0 Å². The lowest BCUT2D eigenvalue weighted by molar-refractivity contribution is 0.632. The van der Waals surface area contributed by atoms with E-state index in [1.54, 1.807) is 0 Å². The number of para-hydroxylation sites is 3. The SMILES string of the molecule is CC1(C)c2ccccc2N(c2ccc(-c3ccc4c(c3)C(C)(C)c3cc(-c5nc(-c6ccccc6)nc(-c6ccccc6)n5)ccc3N4c3ccccc3)cc2)c2ccccc21. The summed E-state index contributed by atoms with van der Waals surface area (Å²) in [5.74, 6) is 1.94. The van der Waals surface area contributed by atoms with Crippen molar-refractivity contribution in [2.24, 2.45) is 0 Å². The summed E-state index contributed by atoms with van der Waals surface area (Å²) < 4.78 is 0. The zero-order valence-corrected chi connectivity index (χ0v) is 35.3. The van der Waals surface area contributed by atoms with Gasteiger partial charge in [-0.3, -0.25) is 0 Å². The second-order valence-corrected chi connectivity index (χ2v) is 17.3. The van der Waals surface area contributed by atoms with Crippen molar-refractivity contribution in [1.82, 2.24) is 15.0 Å². The van der Waals surface area contributed by atoms with Crippen LogP contribution in [0.2, 0.25) is 0 Å². The number of fused-ring (bicyclic) bond motifs is 4. The van der Waals surface area contributed by atoms with E-state index in [-0.39, 0.29) is 10.8 Å². The predicted molar refractivity (Wildman–Crippen MR) is 255 cm³/mol. The van der Waals surface area contributed by atoms with Crippen molar-refractivity contribution in [1.29, 1.82) is 0 Å². The molecule has 0 unspecified atom stereocenters. The molecule has 5 heteroatoms. The number of aromatic nitrogens is 3. The molecule has 11 rings (SSSR count). The Morgan fingerprint density at radius 1 is 0.290 bits per heavy atom. The van der Waals surface area contributed by atoms with Crippen LogP contribution in [0.15, 0.2) is 200 Å². The summed E-state index contributed by atoms with van der Waals surface area (Å²) in [4.78, 5) is 20.0. The number of rotatable bonds is 6. The van der Waals surface area contributed by atoms with Crippen LogP contribution in [0, 0.1) is 0 Å². The molecule has 1 aromatic heterocycles. The van der Waals surface area contributed by atoms with Gasteiger partial charge in [0.05, 0.1) is 22.7 Å². The fourth-order valence-electron chi connectivity index (χ4n) is 9.60. The highest BCUT2D eigenvalue weighted by molar-refractivity contribution is 5.90. The molecular weight excluding hydrogens is 755 g/mol. The van der Waals surface area contributed by atoms with Gasteiger partial charge in [-0.25, -0.2) is 15.0 Å². The van der Waals surface area contributed by atoms with Gasteiger partial charge in [0.25, 0.3) is 0 Å². The maximum atomic E-state index is 5.10. The van der Waals surface area contributed by atoms with Gasteiger partial charge in [0.2, 0.25) is 0 Å². The van der Waals surface area contributed by atoms with Gasteiger partial charge >= 0.3 is 0 Å². The molecule has 8 aromatic carbocycles. The number of hydrogen-bond donors (Lipinski definition) is 0. The highest BCUT2D eigenvalue weighted by Gasteiger charge is 2.39. The largest absolute Gasteiger partial charge is 0.310 e. The molecule has 5 nitrogen and oxygen atoms in total. The fraction of sp³-hybridized carbons (Fsp3) is 0.105. The minimum Gasteiger partial charge on any atom is -0.310 e. The van der Waals surface area contributed by atoms with E-state index in [0.29, 0.717) is 17.5 Å². The molecule has 0 atom stereocenters. The van der Waals surface area contributed by atoms with Gasteiger partial charge in [-0.05, 0) is 100 Å². The summed E-state index contributed by atoms with van der Waals surface area (Å²) in [5, 5.41) is 0. The van der Waals surface area contributed by atoms with Crippen molar-refractivity contribution in [2.75, 3.05) is 9.80 Å². The van der Waals surface area contributed by atoms with E-state index in [4.69, 9.17) is 15.0 Å². The second-order valence-electron chi connectivity index (χ2n) is 17.3. The third kappa shape index (κ3) is 6.11. The summed E-state index contributed by atoms with van der Waals surface area (Å²) >= 11 is 0. The third-order valence-corrected chi connectivity index (χ3v) is 12.9. The number of hydrogen-bond acceptors (Lipinski definition) is 5. The Hall–Kier alpha value is -7.63. The molecule has 0 fully saturated rings. The minimum absolute atomic E-state index is 0.103. The first-order valence-corrected chi connectivity index (χ1v) is 21.4. The van der Waals surface area contributed by atoms with Gasteiger partial charge in [0, 0.05) is 38.9 Å². The van der Waals surface area contributed by atoms with E-state index in [9.17, 15) is 0 Å². The molecule has 2 aliphatic heterocycles. The molecule has 298 valence electrons. The van der Waals surface area contributed by atoms with Crippen LogP contribution in [0.1, 0.15) is 49.9 Å². The Bertz CT molecular complexity index is 3010. The highest BCUT2D eigenvalue weighted by Crippen LogP contribution is 2.54. The van der Waals surface area contributed by atoms with Crippen LogP contribution in [0.5, 0.6) is 0 Å². The Morgan fingerprint density at radius 3 is 1.16 bits per heavy atom. The van der Waals surface area contributed by atoms with Gasteiger partial charge in [0.15, 0.2) is 17.5 Å². The first-order chi connectivity index (χ1) is 30.3. The molecule has 0 saturated carbocycles. The second kappa shape index (κ2) is 14.5. The molecular formula is C57H45N5. The van der Waals surface area contributed by atoms with Crippen molar-refractivity contribution in [3.63, 3.8) is 0 Å². The maximum Gasteiger partial charge on any atom is 0.164 e. The van der Waals surface area contributed by atoms with E-state index in [1.165, 1.54) is 50.4 Å². The van der Waals surface area contributed by atoms with Crippen LogP contribution < -0.4 is 9.80 Å². The molecule has 62 heavy (non-hydrogen) atoms. The van der Waals surface area contributed by atoms with Crippen LogP contribution in [-0.2, 0) is 10.8 Å². The third-order valence-electron chi connectivity index (χ3n) is 12.9. The number of benzene rings is 8. The van der Waals surface area contributed by atoms with Crippen molar-refractivity contribution in [2.45, 2.75) is 38.5 Å². The molecule has 0 amide bonds. The molecule has 0 bridgehead atoms. The van der Waals surface area contributed by atoms with E-state index in [2.05, 4.69) is 201 Å². The molecule has 0 radical (unpaired) electrons. The average Bonchev–Trinajstić information content (AvgIpc) is 3.33. The van der Waals surface area contributed by atoms with Gasteiger partial charge in [-0.15, -0.1) is 0 Å². The summed E-state index contributed by atoms with van der Waals surface area (Å²) in [7, 11) is 0. The topological polar surface area (TPSA) is 45.2 Å². The Morgan fingerprint density at radius 2 is 0.645 bits per heavy atom. The van der Waals surface area contributed by atoms with Crippen molar-refractivity contribution in [3.8, 4) is 45.3 Å². The van der Waals surface area contributed by atoms with E-state index in [0.717, 1.165) is 33.8 Å². The molecule has 2 aliphatic rings. The molecule has 0 aliphatic carbocycles. The van der Waals surface area contributed by atoms with Crippen LogP contribution in [-0.4, -0.2) is 15.0 Å². The lowest BCUT2D eigenvalue weighted by Crippen LogP contribution is -2.30. The van der Waals surface area contributed by atoms with Crippen molar-refractivity contribution < 1.29 is 0 Å². The normalized spacial score (nSPS) is 14.3. The minimum atomic E-state index is -0.368. The standard InChI is InChI=1S/C57H45N5/c1-56(2)45-24-14-16-26-49(45)62(50-27-17-15-25-46(50)56)44-32-28-38(29-33-44)41-30-34-51-47(36-41)57(3,4)48-37-42(31-35-52(48)61(51)43-22-12-7-13-23-43)55-59-53(39-18-8-5-9-19-39)58-54(60-55)40-20-10-6-11-21-40/h5-37H,1-4H3. The van der Waals surface area contributed by atoms with Gasteiger partial charge in [0.1, 0.15) is 0 Å². The van der Waals surface area contributed by atoms with Crippen LogP contribution in [0.3, 0.4) is 0 Å². The summed E-state index contributed by atoms with van der Waals surface area (Å²) in [5.41, 5.74) is 16.8. The first-order valence-electron chi connectivity index (χ1n) is 21.4.